The minimum Gasteiger partial charge on any atom is -0.366 e. The molecule has 2 amide bonds. The molecule has 2 aromatic rings. The van der Waals surface area contributed by atoms with Crippen molar-refractivity contribution in [2.75, 3.05) is 0 Å². The Balaban J connectivity index is 1.77. The third-order valence-corrected chi connectivity index (χ3v) is 3.43. The van der Waals surface area contributed by atoms with E-state index < -0.39 is 11.8 Å². The lowest BCUT2D eigenvalue weighted by atomic mass is 10.2. The SMILES string of the molecule is NC(=O)c1cc[n+](CCCC[n+]2ccc(C(N)=O)cc2)cc1. The summed E-state index contributed by atoms with van der Waals surface area (Å²) in [6.45, 7) is 1.75. The smallest absolute Gasteiger partial charge is 0.249 e. The standard InChI is InChI=1S/C16H18N4O2/c17-15(21)13-3-9-19(10-4-13)7-1-2-8-20-11-5-14(6-12-20)16(18)22/h3-6,9-12H,1-2,7-8H2,(H2-2,17,18,21,22)/p+2. The molecule has 0 radical (unpaired) electrons. The van der Waals surface area contributed by atoms with Crippen LogP contribution in [0.5, 0.6) is 0 Å². The Labute approximate surface area is 129 Å². The number of pyridine rings is 2. The maximum absolute atomic E-state index is 11.0. The fourth-order valence-corrected chi connectivity index (χ4v) is 2.13. The number of carbonyl (C=O) groups excluding carboxylic acids is 2. The van der Waals surface area contributed by atoms with Gasteiger partial charge in [0.05, 0.1) is 11.1 Å². The summed E-state index contributed by atoms with van der Waals surface area (Å²) in [4.78, 5) is 22.0. The highest BCUT2D eigenvalue weighted by molar-refractivity contribution is 5.92. The van der Waals surface area contributed by atoms with Gasteiger partial charge in [-0.1, -0.05) is 0 Å². The van der Waals surface area contributed by atoms with Crippen molar-refractivity contribution in [1.29, 1.82) is 0 Å². The van der Waals surface area contributed by atoms with Crippen LogP contribution in [0.1, 0.15) is 33.6 Å². The van der Waals surface area contributed by atoms with E-state index in [2.05, 4.69) is 0 Å². The Hall–Kier alpha value is -2.76. The molecule has 0 bridgehead atoms. The van der Waals surface area contributed by atoms with Gasteiger partial charge in [-0.05, 0) is 0 Å². The molecule has 0 aliphatic heterocycles. The molecule has 6 nitrogen and oxygen atoms in total. The molecule has 2 rings (SSSR count). The van der Waals surface area contributed by atoms with Gasteiger partial charge in [-0.3, -0.25) is 9.59 Å². The number of aryl methyl sites for hydroxylation is 2. The van der Waals surface area contributed by atoms with Crippen LogP contribution in [-0.4, -0.2) is 11.8 Å². The monoisotopic (exact) mass is 300 g/mol. The highest BCUT2D eigenvalue weighted by atomic mass is 16.1. The average Bonchev–Trinajstić information content (AvgIpc) is 2.52. The normalized spacial score (nSPS) is 10.4. The zero-order valence-corrected chi connectivity index (χ0v) is 12.3. The number of hydrogen-bond donors (Lipinski definition) is 2. The Morgan fingerprint density at radius 3 is 1.32 bits per heavy atom. The maximum atomic E-state index is 11.0. The molecule has 0 aliphatic rings. The zero-order valence-electron chi connectivity index (χ0n) is 12.3. The van der Waals surface area contributed by atoms with Gasteiger partial charge in [0.1, 0.15) is 13.1 Å². The van der Waals surface area contributed by atoms with Gasteiger partial charge in [-0.15, -0.1) is 0 Å². The van der Waals surface area contributed by atoms with Crippen LogP contribution in [0.25, 0.3) is 0 Å². The Kier molecular flexibility index (Phi) is 5.19. The Bertz CT molecular complexity index is 591. The van der Waals surface area contributed by atoms with Gasteiger partial charge < -0.3 is 11.5 Å². The molecule has 4 N–H and O–H groups in total. The lowest BCUT2D eigenvalue weighted by Crippen LogP contribution is -2.36. The first kappa shape index (κ1) is 15.6. The molecule has 0 spiro atoms. The van der Waals surface area contributed by atoms with Crippen molar-refractivity contribution in [3.63, 3.8) is 0 Å². The summed E-state index contributed by atoms with van der Waals surface area (Å²) in [6, 6.07) is 6.89. The van der Waals surface area contributed by atoms with Crippen molar-refractivity contribution < 1.29 is 18.7 Å². The molecular formula is C16H20N4O2+2. The first-order chi connectivity index (χ1) is 10.6. The number of unbranched alkanes of at least 4 members (excludes halogenated alkanes) is 1. The largest absolute Gasteiger partial charge is 0.366 e. The quantitative estimate of drug-likeness (QED) is 0.553. The van der Waals surface area contributed by atoms with Crippen molar-refractivity contribution in [3.8, 4) is 0 Å². The number of primary amides is 2. The zero-order chi connectivity index (χ0) is 15.9. The Morgan fingerprint density at radius 2 is 1.05 bits per heavy atom. The van der Waals surface area contributed by atoms with E-state index in [-0.39, 0.29) is 0 Å². The van der Waals surface area contributed by atoms with Gasteiger partial charge in [0, 0.05) is 37.1 Å². The van der Waals surface area contributed by atoms with Crippen molar-refractivity contribution in [1.82, 2.24) is 0 Å². The second kappa shape index (κ2) is 7.31. The molecule has 0 fully saturated rings. The fraction of sp³-hybridized carbons (Fsp3) is 0.250. The molecule has 0 aliphatic carbocycles. The van der Waals surface area contributed by atoms with Crippen LogP contribution in [-0.2, 0) is 13.1 Å². The predicted molar refractivity (Wildman–Crippen MR) is 79.5 cm³/mol. The van der Waals surface area contributed by atoms with Crippen LogP contribution in [0.15, 0.2) is 49.1 Å². The van der Waals surface area contributed by atoms with Gasteiger partial charge in [0.15, 0.2) is 24.8 Å². The van der Waals surface area contributed by atoms with Crippen molar-refractivity contribution >= 4 is 11.8 Å². The first-order valence-electron chi connectivity index (χ1n) is 7.14. The van der Waals surface area contributed by atoms with Gasteiger partial charge in [0.25, 0.3) is 0 Å². The third kappa shape index (κ3) is 4.37. The van der Waals surface area contributed by atoms with Crippen LogP contribution in [0.4, 0.5) is 0 Å². The topological polar surface area (TPSA) is 93.9 Å². The van der Waals surface area contributed by atoms with E-state index >= 15 is 0 Å². The highest BCUT2D eigenvalue weighted by Gasteiger charge is 2.07. The van der Waals surface area contributed by atoms with E-state index in [4.69, 9.17) is 11.5 Å². The van der Waals surface area contributed by atoms with Gasteiger partial charge in [0.2, 0.25) is 11.8 Å². The molecule has 6 heteroatoms. The summed E-state index contributed by atoms with van der Waals surface area (Å²) >= 11 is 0. The lowest BCUT2D eigenvalue weighted by molar-refractivity contribution is -0.708. The van der Waals surface area contributed by atoms with Crippen molar-refractivity contribution in [3.05, 3.63) is 60.2 Å². The van der Waals surface area contributed by atoms with E-state index in [9.17, 15) is 9.59 Å². The average molecular weight is 300 g/mol. The summed E-state index contributed by atoms with van der Waals surface area (Å²) in [5, 5.41) is 0. The van der Waals surface area contributed by atoms with Crippen LogP contribution in [0, 0.1) is 0 Å². The number of rotatable bonds is 7. The summed E-state index contributed by atoms with van der Waals surface area (Å²) in [6.07, 6.45) is 9.43. The number of amides is 2. The molecule has 0 saturated carbocycles. The van der Waals surface area contributed by atoms with Gasteiger partial charge >= 0.3 is 0 Å². The van der Waals surface area contributed by atoms with E-state index in [1.54, 1.807) is 24.3 Å². The van der Waals surface area contributed by atoms with E-state index in [1.807, 2.05) is 33.9 Å². The van der Waals surface area contributed by atoms with E-state index in [0.29, 0.717) is 11.1 Å². The van der Waals surface area contributed by atoms with E-state index in [1.165, 1.54) is 0 Å². The van der Waals surface area contributed by atoms with E-state index in [0.717, 1.165) is 25.9 Å². The molecule has 2 heterocycles. The second-order valence-corrected chi connectivity index (χ2v) is 5.08. The van der Waals surface area contributed by atoms with Crippen LogP contribution in [0.2, 0.25) is 0 Å². The number of hydrogen-bond acceptors (Lipinski definition) is 2. The number of carbonyl (C=O) groups is 2. The second-order valence-electron chi connectivity index (χ2n) is 5.08. The summed E-state index contributed by atoms with van der Waals surface area (Å²) in [5.74, 6) is -0.828. The molecule has 22 heavy (non-hydrogen) atoms. The van der Waals surface area contributed by atoms with Crippen molar-refractivity contribution in [2.24, 2.45) is 11.5 Å². The number of nitrogens with zero attached hydrogens (tertiary/aromatic N) is 2. The maximum Gasteiger partial charge on any atom is 0.249 e. The van der Waals surface area contributed by atoms with Crippen LogP contribution >= 0.6 is 0 Å². The molecule has 0 unspecified atom stereocenters. The van der Waals surface area contributed by atoms with Gasteiger partial charge in [-0.2, -0.15) is 0 Å². The number of nitrogens with two attached hydrogens (primary N) is 2. The molecule has 0 aromatic carbocycles. The Morgan fingerprint density at radius 1 is 0.727 bits per heavy atom. The number of aromatic nitrogens is 2. The molecule has 2 aromatic heterocycles. The minimum absolute atomic E-state index is 0.414. The molecule has 0 atom stereocenters. The highest BCUT2D eigenvalue weighted by Crippen LogP contribution is 1.96. The fourth-order valence-electron chi connectivity index (χ4n) is 2.13. The van der Waals surface area contributed by atoms with Crippen LogP contribution < -0.4 is 20.6 Å². The molecule has 114 valence electrons. The van der Waals surface area contributed by atoms with Crippen LogP contribution in [0.3, 0.4) is 0 Å². The lowest BCUT2D eigenvalue weighted by Gasteiger charge is -1.99. The summed E-state index contributed by atoms with van der Waals surface area (Å²) in [7, 11) is 0. The predicted octanol–water partition coefficient (Wildman–Crippen LogP) is -0.0602. The molecular weight excluding hydrogens is 280 g/mol. The first-order valence-corrected chi connectivity index (χ1v) is 7.14. The van der Waals surface area contributed by atoms with Gasteiger partial charge in [-0.25, -0.2) is 9.13 Å². The minimum atomic E-state index is -0.414. The summed E-state index contributed by atoms with van der Waals surface area (Å²) < 4.78 is 4.04. The molecule has 0 saturated heterocycles. The third-order valence-electron chi connectivity index (χ3n) is 3.43. The summed E-state index contributed by atoms with van der Waals surface area (Å²) in [5.41, 5.74) is 11.4. The van der Waals surface area contributed by atoms with Crippen molar-refractivity contribution in [2.45, 2.75) is 25.9 Å².